The highest BCUT2D eigenvalue weighted by Gasteiger charge is 2.38. The zero-order chi connectivity index (χ0) is 19.0. The largest absolute Gasteiger partial charge is 0.243 e. The molecule has 1 aliphatic rings. The highest BCUT2D eigenvalue weighted by Crippen LogP contribution is 2.33. The SMILES string of the molecule is CCCC/C=C/C[C@@H]1CCC[C@H](CCC)N1S(=O)(=O)c1ccc(C)cc1. The number of piperidine rings is 1. The lowest BCUT2D eigenvalue weighted by atomic mass is 9.94. The fourth-order valence-electron chi connectivity index (χ4n) is 3.89. The van der Waals surface area contributed by atoms with Crippen LogP contribution in [0.2, 0.25) is 0 Å². The second-order valence-corrected chi connectivity index (χ2v) is 9.37. The molecule has 1 aromatic rings. The predicted octanol–water partition coefficient (Wildman–Crippen LogP) is 5.84. The summed E-state index contributed by atoms with van der Waals surface area (Å²) in [4.78, 5) is 0.436. The Kier molecular flexibility index (Phi) is 8.36. The van der Waals surface area contributed by atoms with E-state index < -0.39 is 10.0 Å². The molecule has 0 saturated carbocycles. The third-order valence-corrected chi connectivity index (χ3v) is 7.33. The highest BCUT2D eigenvalue weighted by atomic mass is 32.2. The van der Waals surface area contributed by atoms with E-state index >= 15 is 0 Å². The van der Waals surface area contributed by atoms with Gasteiger partial charge in [-0.25, -0.2) is 8.42 Å². The van der Waals surface area contributed by atoms with Gasteiger partial charge in [-0.05, 0) is 51.2 Å². The Morgan fingerprint density at radius 1 is 1.04 bits per heavy atom. The molecule has 0 bridgehead atoms. The number of unbranched alkanes of at least 4 members (excludes halogenated alkanes) is 2. The summed E-state index contributed by atoms with van der Waals surface area (Å²) in [6, 6.07) is 7.53. The molecule has 2 atom stereocenters. The van der Waals surface area contributed by atoms with Crippen LogP contribution in [0, 0.1) is 6.92 Å². The minimum absolute atomic E-state index is 0.0875. The lowest BCUT2D eigenvalue weighted by Crippen LogP contribution is -2.49. The standard InChI is InChI=1S/C22H35NO2S/c1-4-6-7-8-9-12-21-14-10-13-20(11-5-2)23(21)26(24,25)22-17-15-19(3)16-18-22/h8-9,15-18,20-21H,4-7,10-14H2,1-3H3/b9-8+/t20-,21+/m0/s1. The molecule has 3 nitrogen and oxygen atoms in total. The second-order valence-electron chi connectivity index (χ2n) is 7.52. The van der Waals surface area contributed by atoms with Crippen LogP contribution in [0.3, 0.4) is 0 Å². The molecule has 0 spiro atoms. The maximum Gasteiger partial charge on any atom is 0.243 e. The van der Waals surface area contributed by atoms with E-state index in [9.17, 15) is 8.42 Å². The average molecular weight is 378 g/mol. The summed E-state index contributed by atoms with van der Waals surface area (Å²) in [6.07, 6.45) is 13.8. The number of benzene rings is 1. The van der Waals surface area contributed by atoms with Crippen LogP contribution in [0.1, 0.15) is 77.2 Å². The Labute approximate surface area is 160 Å². The van der Waals surface area contributed by atoms with Crippen molar-refractivity contribution in [3.63, 3.8) is 0 Å². The number of nitrogens with zero attached hydrogens (tertiary/aromatic N) is 1. The first kappa shape index (κ1) is 21.2. The van der Waals surface area contributed by atoms with Crippen LogP contribution in [0.5, 0.6) is 0 Å². The summed E-state index contributed by atoms with van der Waals surface area (Å²) < 4.78 is 28.7. The molecular weight excluding hydrogens is 342 g/mol. The van der Waals surface area contributed by atoms with Crippen molar-refractivity contribution in [1.82, 2.24) is 4.31 Å². The summed E-state index contributed by atoms with van der Waals surface area (Å²) in [7, 11) is -3.45. The van der Waals surface area contributed by atoms with Crippen molar-refractivity contribution in [2.75, 3.05) is 0 Å². The number of hydrogen-bond acceptors (Lipinski definition) is 2. The maximum absolute atomic E-state index is 13.4. The van der Waals surface area contributed by atoms with Crippen molar-refractivity contribution in [3.05, 3.63) is 42.0 Å². The predicted molar refractivity (Wildman–Crippen MR) is 110 cm³/mol. The number of allylic oxidation sites excluding steroid dienone is 1. The Morgan fingerprint density at radius 2 is 1.73 bits per heavy atom. The zero-order valence-electron chi connectivity index (χ0n) is 16.7. The summed E-state index contributed by atoms with van der Waals surface area (Å²) in [5.41, 5.74) is 1.09. The number of hydrogen-bond donors (Lipinski definition) is 0. The minimum Gasteiger partial charge on any atom is -0.207 e. The molecule has 0 radical (unpaired) electrons. The molecule has 0 N–H and O–H groups in total. The Balaban J connectivity index is 2.25. The lowest BCUT2D eigenvalue weighted by Gasteiger charge is -2.41. The highest BCUT2D eigenvalue weighted by molar-refractivity contribution is 7.89. The van der Waals surface area contributed by atoms with Gasteiger partial charge in [0, 0.05) is 12.1 Å². The fourth-order valence-corrected chi connectivity index (χ4v) is 5.80. The van der Waals surface area contributed by atoms with Crippen molar-refractivity contribution in [2.45, 2.75) is 95.5 Å². The third-order valence-electron chi connectivity index (χ3n) is 5.31. The van der Waals surface area contributed by atoms with Crippen molar-refractivity contribution >= 4 is 10.0 Å². The van der Waals surface area contributed by atoms with E-state index in [-0.39, 0.29) is 12.1 Å². The summed E-state index contributed by atoms with van der Waals surface area (Å²) >= 11 is 0. The fraction of sp³-hybridized carbons (Fsp3) is 0.636. The van der Waals surface area contributed by atoms with Gasteiger partial charge < -0.3 is 0 Å². The third kappa shape index (κ3) is 5.43. The van der Waals surface area contributed by atoms with Gasteiger partial charge in [-0.3, -0.25) is 0 Å². The van der Waals surface area contributed by atoms with E-state index in [1.165, 1.54) is 12.8 Å². The van der Waals surface area contributed by atoms with Gasteiger partial charge in [0.25, 0.3) is 0 Å². The van der Waals surface area contributed by atoms with Crippen LogP contribution in [0.25, 0.3) is 0 Å². The first-order chi connectivity index (χ1) is 12.5. The van der Waals surface area contributed by atoms with Gasteiger partial charge >= 0.3 is 0 Å². The molecule has 1 aromatic carbocycles. The van der Waals surface area contributed by atoms with Crippen LogP contribution < -0.4 is 0 Å². The molecule has 1 heterocycles. The van der Waals surface area contributed by atoms with E-state index in [1.54, 1.807) is 12.1 Å². The Morgan fingerprint density at radius 3 is 2.38 bits per heavy atom. The van der Waals surface area contributed by atoms with Crippen LogP contribution in [0.15, 0.2) is 41.3 Å². The van der Waals surface area contributed by atoms with Crippen LogP contribution >= 0.6 is 0 Å². The summed E-state index contributed by atoms with van der Waals surface area (Å²) in [5.74, 6) is 0. The smallest absolute Gasteiger partial charge is 0.207 e. The van der Waals surface area contributed by atoms with Gasteiger partial charge in [0.15, 0.2) is 0 Å². The van der Waals surface area contributed by atoms with E-state index in [4.69, 9.17) is 0 Å². The first-order valence-electron chi connectivity index (χ1n) is 10.3. The normalized spacial score (nSPS) is 22.1. The van der Waals surface area contributed by atoms with Crippen molar-refractivity contribution in [3.8, 4) is 0 Å². The van der Waals surface area contributed by atoms with Crippen molar-refractivity contribution in [1.29, 1.82) is 0 Å². The topological polar surface area (TPSA) is 37.4 Å². The van der Waals surface area contributed by atoms with Gasteiger partial charge in [0.1, 0.15) is 0 Å². The number of sulfonamides is 1. The monoisotopic (exact) mass is 377 g/mol. The van der Waals surface area contributed by atoms with Crippen LogP contribution in [-0.2, 0) is 10.0 Å². The molecule has 4 heteroatoms. The van der Waals surface area contributed by atoms with Crippen LogP contribution in [0.4, 0.5) is 0 Å². The first-order valence-corrected chi connectivity index (χ1v) is 11.7. The molecule has 2 rings (SSSR count). The van der Waals surface area contributed by atoms with Gasteiger partial charge in [0.05, 0.1) is 4.90 Å². The Hall–Kier alpha value is -1.13. The molecule has 1 aliphatic heterocycles. The van der Waals surface area contributed by atoms with E-state index in [2.05, 4.69) is 26.0 Å². The summed E-state index contributed by atoms with van der Waals surface area (Å²) in [6.45, 7) is 6.33. The molecule has 26 heavy (non-hydrogen) atoms. The molecule has 0 unspecified atom stereocenters. The number of aryl methyl sites for hydroxylation is 1. The molecule has 1 saturated heterocycles. The number of rotatable bonds is 9. The minimum atomic E-state index is -3.45. The van der Waals surface area contributed by atoms with Crippen molar-refractivity contribution < 1.29 is 8.42 Å². The van der Waals surface area contributed by atoms with E-state index in [1.807, 2.05) is 23.4 Å². The van der Waals surface area contributed by atoms with Gasteiger partial charge in [-0.15, -0.1) is 0 Å². The molecular formula is C22H35NO2S. The lowest BCUT2D eigenvalue weighted by molar-refractivity contribution is 0.171. The Bertz CT molecular complexity index is 662. The van der Waals surface area contributed by atoms with E-state index in [0.29, 0.717) is 4.90 Å². The molecule has 1 fully saturated rings. The van der Waals surface area contributed by atoms with Crippen LogP contribution in [-0.4, -0.2) is 24.8 Å². The molecule has 0 aliphatic carbocycles. The van der Waals surface area contributed by atoms with Crippen molar-refractivity contribution in [2.24, 2.45) is 0 Å². The molecule has 146 valence electrons. The quantitative estimate of drug-likeness (QED) is 0.400. The molecule has 0 aromatic heterocycles. The maximum atomic E-state index is 13.4. The van der Waals surface area contributed by atoms with Gasteiger partial charge in [0.2, 0.25) is 10.0 Å². The molecule has 0 amide bonds. The zero-order valence-corrected chi connectivity index (χ0v) is 17.5. The van der Waals surface area contributed by atoms with E-state index in [0.717, 1.165) is 50.5 Å². The average Bonchev–Trinajstić information content (AvgIpc) is 2.62. The summed E-state index contributed by atoms with van der Waals surface area (Å²) in [5, 5.41) is 0. The second kappa shape index (κ2) is 10.3. The van der Waals surface area contributed by atoms with Gasteiger partial charge in [-0.1, -0.05) is 69.4 Å². The van der Waals surface area contributed by atoms with Gasteiger partial charge in [-0.2, -0.15) is 4.31 Å².